The van der Waals surface area contributed by atoms with Gasteiger partial charge in [-0.15, -0.1) is 0 Å². The fraction of sp³-hybridized carbons (Fsp3) is 0.900. The van der Waals surface area contributed by atoms with Gasteiger partial charge in [-0.2, -0.15) is 0 Å². The summed E-state index contributed by atoms with van der Waals surface area (Å²) in [5.41, 5.74) is 0. The first-order valence-corrected chi connectivity index (χ1v) is 26.7. The minimum absolute atomic E-state index is 0.000371. The number of quaternary nitrogens is 1. The monoisotopic (exact) mass is 855 g/mol. The van der Waals surface area contributed by atoms with Crippen molar-refractivity contribution < 1.29 is 32.9 Å². The van der Waals surface area contributed by atoms with Crippen molar-refractivity contribution in [1.82, 2.24) is 5.32 Å². The van der Waals surface area contributed by atoms with Crippen LogP contribution in [0.25, 0.3) is 0 Å². The molecule has 0 aromatic carbocycles. The molecule has 0 fully saturated rings. The van der Waals surface area contributed by atoms with Crippen molar-refractivity contribution in [3.63, 3.8) is 0 Å². The molecule has 0 saturated heterocycles. The molecule has 59 heavy (non-hydrogen) atoms. The minimum Gasteiger partial charge on any atom is -0.756 e. The molecule has 0 bridgehead atoms. The Hall–Kier alpha value is -1.02. The molecule has 0 aromatic heterocycles. The Labute approximate surface area is 366 Å². The van der Waals surface area contributed by atoms with Crippen LogP contribution in [-0.4, -0.2) is 68.5 Å². The van der Waals surface area contributed by atoms with Crippen LogP contribution >= 0.6 is 7.82 Å². The van der Waals surface area contributed by atoms with E-state index in [2.05, 4.69) is 31.3 Å². The summed E-state index contributed by atoms with van der Waals surface area (Å²) in [6, 6.07) is -0.885. The van der Waals surface area contributed by atoms with E-state index in [0.29, 0.717) is 17.4 Å². The molecule has 0 aliphatic heterocycles. The van der Waals surface area contributed by atoms with Crippen LogP contribution in [0.15, 0.2) is 24.3 Å². The smallest absolute Gasteiger partial charge is 0.268 e. The third-order valence-electron chi connectivity index (χ3n) is 11.4. The van der Waals surface area contributed by atoms with Gasteiger partial charge in [-0.1, -0.05) is 212 Å². The van der Waals surface area contributed by atoms with E-state index in [-0.39, 0.29) is 19.1 Å². The van der Waals surface area contributed by atoms with Gasteiger partial charge in [0.05, 0.1) is 39.9 Å². The van der Waals surface area contributed by atoms with Gasteiger partial charge in [0.25, 0.3) is 7.82 Å². The Bertz CT molecular complexity index is 1020. The molecule has 350 valence electrons. The summed E-state index contributed by atoms with van der Waals surface area (Å²) >= 11 is 0. The first kappa shape index (κ1) is 58.0. The largest absolute Gasteiger partial charge is 0.756 e. The maximum absolute atomic E-state index is 12.9. The lowest BCUT2D eigenvalue weighted by Crippen LogP contribution is -2.45. The van der Waals surface area contributed by atoms with Crippen LogP contribution in [0.2, 0.25) is 0 Å². The van der Waals surface area contributed by atoms with E-state index in [9.17, 15) is 19.4 Å². The first-order chi connectivity index (χ1) is 28.5. The van der Waals surface area contributed by atoms with Crippen molar-refractivity contribution in [2.45, 2.75) is 251 Å². The number of phosphoric ester groups is 1. The molecule has 3 atom stereocenters. The summed E-state index contributed by atoms with van der Waals surface area (Å²) in [7, 11) is 1.26. The third-order valence-corrected chi connectivity index (χ3v) is 12.4. The number of likely N-dealkylation sites (N-methyl/N-ethyl adjacent to an activating group) is 1. The highest BCUT2D eigenvalue weighted by Gasteiger charge is 2.23. The molecule has 0 spiro atoms. The summed E-state index contributed by atoms with van der Waals surface area (Å²) < 4.78 is 23.2. The Kier molecular flexibility index (Phi) is 41.6. The van der Waals surface area contributed by atoms with Gasteiger partial charge >= 0.3 is 0 Å². The number of hydrogen-bond acceptors (Lipinski definition) is 6. The van der Waals surface area contributed by atoms with Crippen molar-refractivity contribution >= 4 is 13.7 Å². The van der Waals surface area contributed by atoms with Gasteiger partial charge in [0, 0.05) is 6.42 Å². The molecule has 0 radical (unpaired) electrons. The zero-order valence-corrected chi connectivity index (χ0v) is 40.6. The zero-order chi connectivity index (χ0) is 43.6. The van der Waals surface area contributed by atoms with E-state index < -0.39 is 20.0 Å². The van der Waals surface area contributed by atoms with Crippen LogP contribution < -0.4 is 10.2 Å². The maximum Gasteiger partial charge on any atom is 0.268 e. The van der Waals surface area contributed by atoms with E-state index in [4.69, 9.17) is 9.05 Å². The Morgan fingerprint density at radius 1 is 0.576 bits per heavy atom. The quantitative estimate of drug-likeness (QED) is 0.0273. The second kappa shape index (κ2) is 42.3. The van der Waals surface area contributed by atoms with E-state index in [1.165, 1.54) is 180 Å². The van der Waals surface area contributed by atoms with Crippen LogP contribution in [0.3, 0.4) is 0 Å². The first-order valence-electron chi connectivity index (χ1n) is 25.2. The lowest BCUT2D eigenvalue weighted by Gasteiger charge is -2.29. The molecule has 0 aliphatic rings. The highest BCUT2D eigenvalue weighted by molar-refractivity contribution is 7.45. The number of aliphatic hydroxyl groups excluding tert-OH is 1. The van der Waals surface area contributed by atoms with Crippen LogP contribution in [0, 0.1) is 0 Å². The lowest BCUT2D eigenvalue weighted by molar-refractivity contribution is -0.870. The van der Waals surface area contributed by atoms with Gasteiger partial charge in [-0.3, -0.25) is 9.36 Å². The molecule has 3 unspecified atom stereocenters. The number of amides is 1. The van der Waals surface area contributed by atoms with Gasteiger partial charge in [-0.05, 0) is 44.9 Å². The highest BCUT2D eigenvalue weighted by Crippen LogP contribution is 2.38. The van der Waals surface area contributed by atoms with Crippen LogP contribution in [0.5, 0.6) is 0 Å². The predicted molar refractivity (Wildman–Crippen MR) is 252 cm³/mol. The fourth-order valence-electron chi connectivity index (χ4n) is 7.38. The lowest BCUT2D eigenvalue weighted by atomic mass is 10.0. The predicted octanol–water partition coefficient (Wildman–Crippen LogP) is 13.8. The number of carbonyl (C=O) groups is 1. The molecule has 0 aromatic rings. The standard InChI is InChI=1S/C50H99N2O6P/c1-6-8-10-12-14-16-18-20-21-22-23-24-25-26-27-28-29-30-32-34-36-38-40-42-44-50(54)51-48(47-58-59(55,56)57-46-45-52(3,4)5)49(53)43-41-39-37-35-33-31-19-17-15-13-11-9-7-2/h26-27,41,43,48-49,53H,6-25,28-40,42,44-47H2,1-5H3,(H-,51,54,55,56)/b27-26-,43-41+. The van der Waals surface area contributed by atoms with Crippen molar-refractivity contribution in [3.8, 4) is 0 Å². The van der Waals surface area contributed by atoms with E-state index in [0.717, 1.165) is 38.5 Å². The molecule has 1 amide bonds. The number of rotatable bonds is 46. The Morgan fingerprint density at radius 2 is 0.932 bits per heavy atom. The number of carbonyl (C=O) groups excluding carboxylic acids is 1. The summed E-state index contributed by atoms with van der Waals surface area (Å²) in [6.45, 7) is 4.66. The Balaban J connectivity index is 4.22. The van der Waals surface area contributed by atoms with Crippen LogP contribution in [0.4, 0.5) is 0 Å². The Morgan fingerprint density at radius 3 is 1.32 bits per heavy atom. The number of unbranched alkanes of at least 4 members (excludes halogenated alkanes) is 31. The summed E-state index contributed by atoms with van der Waals surface area (Å²) in [5.74, 6) is -0.199. The van der Waals surface area contributed by atoms with Crippen molar-refractivity contribution in [2.75, 3.05) is 40.9 Å². The molecular formula is C50H99N2O6P. The van der Waals surface area contributed by atoms with Crippen LogP contribution in [-0.2, 0) is 18.4 Å². The van der Waals surface area contributed by atoms with E-state index in [1.54, 1.807) is 6.08 Å². The fourth-order valence-corrected chi connectivity index (χ4v) is 8.11. The average molecular weight is 855 g/mol. The normalized spacial score (nSPS) is 14.4. The number of nitrogens with one attached hydrogen (secondary N) is 1. The van der Waals surface area contributed by atoms with Gasteiger partial charge in [0.2, 0.25) is 5.91 Å². The second-order valence-electron chi connectivity index (χ2n) is 18.5. The molecule has 2 N–H and O–H groups in total. The van der Waals surface area contributed by atoms with Gasteiger partial charge in [0.15, 0.2) is 0 Å². The van der Waals surface area contributed by atoms with Gasteiger partial charge < -0.3 is 28.8 Å². The minimum atomic E-state index is -4.59. The zero-order valence-electron chi connectivity index (χ0n) is 39.7. The van der Waals surface area contributed by atoms with Crippen LogP contribution in [0.1, 0.15) is 239 Å². The molecule has 0 rings (SSSR count). The number of nitrogens with zero attached hydrogens (tertiary/aromatic N) is 1. The maximum atomic E-state index is 12.9. The topological polar surface area (TPSA) is 108 Å². The van der Waals surface area contributed by atoms with Crippen molar-refractivity contribution in [3.05, 3.63) is 24.3 Å². The molecule has 0 aliphatic carbocycles. The second-order valence-corrected chi connectivity index (χ2v) is 19.9. The van der Waals surface area contributed by atoms with Crippen molar-refractivity contribution in [1.29, 1.82) is 0 Å². The summed E-state index contributed by atoms with van der Waals surface area (Å²) in [4.78, 5) is 25.4. The molecule has 0 heterocycles. The summed E-state index contributed by atoms with van der Waals surface area (Å²) in [6.07, 6.45) is 50.9. The van der Waals surface area contributed by atoms with Crippen molar-refractivity contribution in [2.24, 2.45) is 0 Å². The highest BCUT2D eigenvalue weighted by atomic mass is 31.2. The number of allylic oxidation sites excluding steroid dienone is 3. The molecular weight excluding hydrogens is 756 g/mol. The van der Waals surface area contributed by atoms with Gasteiger partial charge in [-0.25, -0.2) is 0 Å². The summed E-state index contributed by atoms with van der Waals surface area (Å²) in [5, 5.41) is 13.8. The number of phosphoric acid groups is 1. The average Bonchev–Trinajstić information content (AvgIpc) is 3.19. The number of hydrogen-bond donors (Lipinski definition) is 2. The molecule has 0 saturated carbocycles. The third kappa shape index (κ3) is 44.8. The molecule has 8 nitrogen and oxygen atoms in total. The van der Waals surface area contributed by atoms with E-state index in [1.807, 2.05) is 27.2 Å². The SMILES string of the molecule is CCCCCCCCCCCCC/C=C/C(O)C(COP(=O)([O-])OCC[N+](C)(C)C)NC(=O)CCCCCCCCCC/C=C\CCCCCCCCCCCCCC. The number of aliphatic hydroxyl groups is 1. The molecule has 9 heteroatoms. The van der Waals surface area contributed by atoms with Gasteiger partial charge in [0.1, 0.15) is 13.2 Å². The van der Waals surface area contributed by atoms with E-state index >= 15 is 0 Å².